The van der Waals surface area contributed by atoms with Crippen LogP contribution >= 0.6 is 0 Å². The van der Waals surface area contributed by atoms with E-state index in [2.05, 4.69) is 18.2 Å². The van der Waals surface area contributed by atoms with Gasteiger partial charge in [0.2, 0.25) is 0 Å². The van der Waals surface area contributed by atoms with Gasteiger partial charge in [0.1, 0.15) is 0 Å². The predicted octanol–water partition coefficient (Wildman–Crippen LogP) is 6.47. The third-order valence-electron chi connectivity index (χ3n) is 5.32. The predicted molar refractivity (Wildman–Crippen MR) is 117 cm³/mol. The maximum Gasteiger partial charge on any atom is 0.163 e. The molecule has 0 saturated carbocycles. The molecule has 4 rings (SSSR count). The van der Waals surface area contributed by atoms with Gasteiger partial charge in [0.05, 0.1) is 0 Å². The zero-order valence-corrected chi connectivity index (χ0v) is 16.1. The topological polar surface area (TPSA) is 34.1 Å². The quantitative estimate of drug-likeness (QED) is 0.345. The maximum absolute atomic E-state index is 13.0. The fourth-order valence-corrected chi connectivity index (χ4v) is 3.83. The van der Waals surface area contributed by atoms with Crippen LogP contribution in [0.1, 0.15) is 45.0 Å². The minimum absolute atomic E-state index is 0.0596. The summed E-state index contributed by atoms with van der Waals surface area (Å²) in [5, 5.41) is 2.22. The monoisotopic (exact) mass is 378 g/mol. The van der Waals surface area contributed by atoms with Crippen molar-refractivity contribution in [3.63, 3.8) is 0 Å². The number of Topliss-reactive ketones (excluding diaryl/α,β-unsaturated/α-hetero) is 2. The van der Waals surface area contributed by atoms with E-state index in [4.69, 9.17) is 0 Å². The maximum atomic E-state index is 13.0. The average molecular weight is 378 g/mol. The van der Waals surface area contributed by atoms with Crippen molar-refractivity contribution in [2.45, 2.75) is 18.8 Å². The summed E-state index contributed by atoms with van der Waals surface area (Å²) in [6, 6.07) is 32.9. The van der Waals surface area contributed by atoms with E-state index in [0.29, 0.717) is 24.0 Å². The summed E-state index contributed by atoms with van der Waals surface area (Å²) in [7, 11) is 0. The largest absolute Gasteiger partial charge is 0.294 e. The van der Waals surface area contributed by atoms with Crippen LogP contribution in [-0.4, -0.2) is 11.6 Å². The molecular formula is C27H22O2. The molecule has 0 radical (unpaired) electrons. The molecule has 0 fully saturated rings. The smallest absolute Gasteiger partial charge is 0.163 e. The average Bonchev–Trinajstić information content (AvgIpc) is 2.79. The lowest BCUT2D eigenvalue weighted by Gasteiger charge is -2.19. The molecule has 4 aromatic carbocycles. The van der Waals surface area contributed by atoms with Gasteiger partial charge in [0.25, 0.3) is 0 Å². The van der Waals surface area contributed by atoms with E-state index in [1.807, 2.05) is 84.9 Å². The van der Waals surface area contributed by atoms with Crippen LogP contribution in [-0.2, 0) is 0 Å². The standard InChI is InChI=1S/C27H22O2/c28-26(21-11-3-1-4-12-21)18-23(19-27(29)22-13-5-2-6-14-22)25-17-9-15-20-10-7-8-16-24(20)25/h1-17,23H,18-19H2. The minimum Gasteiger partial charge on any atom is -0.294 e. The van der Waals surface area contributed by atoms with Crippen LogP contribution in [0.4, 0.5) is 0 Å². The second kappa shape index (κ2) is 8.66. The Labute approximate surface area is 170 Å². The number of rotatable bonds is 7. The van der Waals surface area contributed by atoms with Crippen LogP contribution in [0.25, 0.3) is 10.8 Å². The van der Waals surface area contributed by atoms with E-state index in [9.17, 15) is 9.59 Å². The van der Waals surface area contributed by atoms with Gasteiger partial charge in [-0.2, -0.15) is 0 Å². The van der Waals surface area contributed by atoms with Gasteiger partial charge >= 0.3 is 0 Å². The van der Waals surface area contributed by atoms with Gasteiger partial charge in [-0.3, -0.25) is 9.59 Å². The second-order valence-electron chi connectivity index (χ2n) is 7.25. The van der Waals surface area contributed by atoms with Crippen LogP contribution in [0.2, 0.25) is 0 Å². The molecule has 0 aliphatic carbocycles. The van der Waals surface area contributed by atoms with Gasteiger partial charge in [-0.1, -0.05) is 103 Å². The van der Waals surface area contributed by atoms with E-state index in [1.165, 1.54) is 0 Å². The van der Waals surface area contributed by atoms with Gasteiger partial charge in [-0.05, 0) is 22.3 Å². The molecule has 4 aromatic rings. The molecule has 0 bridgehead atoms. The first-order chi connectivity index (χ1) is 14.2. The van der Waals surface area contributed by atoms with Gasteiger partial charge in [-0.15, -0.1) is 0 Å². The Balaban J connectivity index is 1.70. The highest BCUT2D eigenvalue weighted by Crippen LogP contribution is 2.32. The third-order valence-corrected chi connectivity index (χ3v) is 5.32. The van der Waals surface area contributed by atoms with E-state index >= 15 is 0 Å². The van der Waals surface area contributed by atoms with Crippen molar-refractivity contribution in [3.8, 4) is 0 Å². The van der Waals surface area contributed by atoms with Crippen LogP contribution in [0.3, 0.4) is 0 Å². The minimum atomic E-state index is -0.179. The Kier molecular flexibility index (Phi) is 5.62. The molecule has 0 amide bonds. The molecule has 2 nitrogen and oxygen atoms in total. The summed E-state index contributed by atoms with van der Waals surface area (Å²) in [6.45, 7) is 0. The molecule has 0 heterocycles. The first-order valence-corrected chi connectivity index (χ1v) is 9.86. The van der Waals surface area contributed by atoms with Crippen LogP contribution in [0, 0.1) is 0 Å². The van der Waals surface area contributed by atoms with E-state index in [0.717, 1.165) is 16.3 Å². The summed E-state index contributed by atoms with van der Waals surface area (Å²) >= 11 is 0. The Morgan fingerprint density at radius 1 is 0.552 bits per heavy atom. The highest BCUT2D eigenvalue weighted by Gasteiger charge is 2.22. The number of carbonyl (C=O) groups is 2. The zero-order chi connectivity index (χ0) is 20.1. The Hall–Kier alpha value is -3.52. The van der Waals surface area contributed by atoms with Crippen molar-refractivity contribution < 1.29 is 9.59 Å². The molecule has 0 aliphatic heterocycles. The molecule has 142 valence electrons. The highest BCUT2D eigenvalue weighted by molar-refractivity contribution is 6.00. The number of ketones is 2. The molecule has 0 atom stereocenters. The van der Waals surface area contributed by atoms with Gasteiger partial charge in [-0.25, -0.2) is 0 Å². The van der Waals surface area contributed by atoms with Gasteiger partial charge in [0.15, 0.2) is 11.6 Å². The van der Waals surface area contributed by atoms with Gasteiger partial charge < -0.3 is 0 Å². The molecule has 0 spiro atoms. The van der Waals surface area contributed by atoms with E-state index in [-0.39, 0.29) is 17.5 Å². The highest BCUT2D eigenvalue weighted by atomic mass is 16.1. The summed E-state index contributed by atoms with van der Waals surface area (Å²) in [6.07, 6.45) is 0.604. The molecule has 0 aromatic heterocycles. The van der Waals surface area contributed by atoms with Crippen LogP contribution in [0.15, 0.2) is 103 Å². The lowest BCUT2D eigenvalue weighted by atomic mass is 9.84. The van der Waals surface area contributed by atoms with Crippen molar-refractivity contribution in [2.75, 3.05) is 0 Å². The van der Waals surface area contributed by atoms with Crippen molar-refractivity contribution in [1.29, 1.82) is 0 Å². The fraction of sp³-hybridized carbons (Fsp3) is 0.111. The van der Waals surface area contributed by atoms with Crippen molar-refractivity contribution in [2.24, 2.45) is 0 Å². The normalized spacial score (nSPS) is 10.9. The Bertz CT molecular complexity index is 1070. The van der Waals surface area contributed by atoms with E-state index < -0.39 is 0 Å². The number of carbonyl (C=O) groups excluding carboxylic acids is 2. The van der Waals surface area contributed by atoms with Crippen molar-refractivity contribution >= 4 is 22.3 Å². The number of fused-ring (bicyclic) bond motifs is 1. The first-order valence-electron chi connectivity index (χ1n) is 9.86. The Morgan fingerprint density at radius 3 is 1.62 bits per heavy atom. The molecule has 0 saturated heterocycles. The Morgan fingerprint density at radius 2 is 1.03 bits per heavy atom. The molecule has 2 heteroatoms. The van der Waals surface area contributed by atoms with Crippen molar-refractivity contribution in [1.82, 2.24) is 0 Å². The summed E-state index contributed by atoms with van der Waals surface area (Å²) in [5.41, 5.74) is 2.42. The number of benzene rings is 4. The molecule has 0 N–H and O–H groups in total. The number of hydrogen-bond donors (Lipinski definition) is 0. The first kappa shape index (κ1) is 18.8. The lowest BCUT2D eigenvalue weighted by molar-refractivity contribution is 0.0945. The summed E-state index contributed by atoms with van der Waals surface area (Å²) in [5.74, 6) is -0.0599. The second-order valence-corrected chi connectivity index (χ2v) is 7.25. The SMILES string of the molecule is O=C(CC(CC(=O)c1ccccc1)c1cccc2ccccc12)c1ccccc1. The fourth-order valence-electron chi connectivity index (χ4n) is 3.83. The summed E-state index contributed by atoms with van der Waals surface area (Å²) in [4.78, 5) is 25.9. The van der Waals surface area contributed by atoms with Crippen LogP contribution < -0.4 is 0 Å². The third kappa shape index (κ3) is 4.33. The molecule has 29 heavy (non-hydrogen) atoms. The van der Waals surface area contributed by atoms with Crippen LogP contribution in [0.5, 0.6) is 0 Å². The molecule has 0 unspecified atom stereocenters. The lowest BCUT2D eigenvalue weighted by Crippen LogP contribution is -2.13. The zero-order valence-electron chi connectivity index (χ0n) is 16.1. The number of hydrogen-bond acceptors (Lipinski definition) is 2. The van der Waals surface area contributed by atoms with Crippen molar-refractivity contribution in [3.05, 3.63) is 120 Å². The van der Waals surface area contributed by atoms with E-state index in [1.54, 1.807) is 0 Å². The summed E-state index contributed by atoms with van der Waals surface area (Å²) < 4.78 is 0. The molecular weight excluding hydrogens is 356 g/mol. The van der Waals surface area contributed by atoms with Gasteiger partial charge in [0, 0.05) is 24.0 Å². The molecule has 0 aliphatic rings.